The predicted molar refractivity (Wildman–Crippen MR) is 126 cm³/mol. The number of aryl methyl sites for hydroxylation is 1. The molecular weight excluding hydrogens is 446 g/mol. The summed E-state index contributed by atoms with van der Waals surface area (Å²) in [6.45, 7) is 5.05. The molecule has 0 atom stereocenters. The molecule has 2 aromatic carbocycles. The first-order valence-corrected chi connectivity index (χ1v) is 11.7. The Morgan fingerprint density at radius 3 is 2.50 bits per heavy atom. The Hall–Kier alpha value is -2.81. The summed E-state index contributed by atoms with van der Waals surface area (Å²) < 4.78 is 13.3. The van der Waals surface area contributed by atoms with Crippen LogP contribution in [0.15, 0.2) is 64.4 Å². The Morgan fingerprint density at radius 1 is 1.00 bits per heavy atom. The van der Waals surface area contributed by atoms with Crippen molar-refractivity contribution in [3.8, 4) is 17.1 Å². The molecule has 9 heteroatoms. The number of benzene rings is 2. The first kappa shape index (κ1) is 21.1. The van der Waals surface area contributed by atoms with E-state index in [-0.39, 0.29) is 0 Å². The number of hydrogen-bond acceptors (Lipinski definition) is 7. The maximum absolute atomic E-state index is 5.97. The summed E-state index contributed by atoms with van der Waals surface area (Å²) in [4.78, 5) is 6.84. The minimum atomic E-state index is 0.575. The molecule has 0 unspecified atom stereocenters. The van der Waals surface area contributed by atoms with Crippen LogP contribution in [0.1, 0.15) is 11.3 Å². The number of aromatic nitrogens is 4. The van der Waals surface area contributed by atoms with Crippen LogP contribution in [-0.4, -0.2) is 46.1 Å². The minimum absolute atomic E-state index is 0.575. The summed E-state index contributed by atoms with van der Waals surface area (Å²) in [6.07, 6.45) is 1.69. The molecule has 5 rings (SSSR count). The van der Waals surface area contributed by atoms with Crippen molar-refractivity contribution in [1.82, 2.24) is 19.7 Å². The molecule has 0 saturated carbocycles. The van der Waals surface area contributed by atoms with E-state index in [0.717, 1.165) is 41.1 Å². The Balaban J connectivity index is 1.39. The van der Waals surface area contributed by atoms with Gasteiger partial charge >= 0.3 is 0 Å². The maximum atomic E-state index is 5.97. The van der Waals surface area contributed by atoms with Gasteiger partial charge in [-0.1, -0.05) is 41.1 Å². The standard InChI is InChI=1S/C23H22ClN5O2S/c1-16-2-8-20(9-3-16)29-22(28-10-12-30-13-11-28)26-27-23(29)32-15-19-14-31-21(25-19)17-4-6-18(24)7-5-17/h2-9,14H,10-13,15H2,1H3. The summed E-state index contributed by atoms with van der Waals surface area (Å²) in [5.41, 5.74) is 3.97. The second-order valence-electron chi connectivity index (χ2n) is 7.49. The summed E-state index contributed by atoms with van der Waals surface area (Å²) in [5.74, 6) is 2.03. The monoisotopic (exact) mass is 467 g/mol. The van der Waals surface area contributed by atoms with E-state index in [4.69, 9.17) is 20.8 Å². The molecule has 0 radical (unpaired) electrons. The molecule has 32 heavy (non-hydrogen) atoms. The van der Waals surface area contributed by atoms with Crippen molar-refractivity contribution in [3.05, 3.63) is 71.1 Å². The van der Waals surface area contributed by atoms with Crippen LogP contribution in [0, 0.1) is 6.92 Å². The van der Waals surface area contributed by atoms with Gasteiger partial charge < -0.3 is 14.1 Å². The molecule has 4 aromatic rings. The first-order valence-electron chi connectivity index (χ1n) is 10.4. The van der Waals surface area contributed by atoms with E-state index in [1.165, 1.54) is 5.56 Å². The molecular formula is C23H22ClN5O2S. The fourth-order valence-electron chi connectivity index (χ4n) is 3.48. The third-order valence-corrected chi connectivity index (χ3v) is 6.41. The van der Waals surface area contributed by atoms with Crippen LogP contribution in [0.3, 0.4) is 0 Å². The number of ether oxygens (including phenoxy) is 1. The molecule has 0 aliphatic carbocycles. The van der Waals surface area contributed by atoms with Gasteiger partial charge in [0.1, 0.15) is 6.26 Å². The van der Waals surface area contributed by atoms with Crippen molar-refractivity contribution < 1.29 is 9.15 Å². The van der Waals surface area contributed by atoms with Crippen molar-refractivity contribution in [2.75, 3.05) is 31.2 Å². The Bertz CT molecular complexity index is 1180. The summed E-state index contributed by atoms with van der Waals surface area (Å²) in [7, 11) is 0. The average Bonchev–Trinajstić information content (AvgIpc) is 3.47. The Kier molecular flexibility index (Phi) is 6.16. The van der Waals surface area contributed by atoms with Crippen molar-refractivity contribution in [2.24, 2.45) is 0 Å². The lowest BCUT2D eigenvalue weighted by Gasteiger charge is -2.27. The van der Waals surface area contributed by atoms with Crippen LogP contribution in [-0.2, 0) is 10.5 Å². The second-order valence-corrected chi connectivity index (χ2v) is 8.87. The molecule has 7 nitrogen and oxygen atoms in total. The van der Waals surface area contributed by atoms with Crippen molar-refractivity contribution in [3.63, 3.8) is 0 Å². The molecule has 2 aromatic heterocycles. The van der Waals surface area contributed by atoms with Crippen molar-refractivity contribution >= 4 is 29.3 Å². The van der Waals surface area contributed by atoms with Gasteiger partial charge in [0.25, 0.3) is 0 Å². The molecule has 0 bridgehead atoms. The molecule has 0 N–H and O–H groups in total. The minimum Gasteiger partial charge on any atom is -0.444 e. The normalized spacial score (nSPS) is 14.1. The number of morpholine rings is 1. The molecule has 1 saturated heterocycles. The van der Waals surface area contributed by atoms with Gasteiger partial charge in [-0.15, -0.1) is 10.2 Å². The van der Waals surface area contributed by atoms with Crippen LogP contribution in [0.5, 0.6) is 0 Å². The van der Waals surface area contributed by atoms with Gasteiger partial charge in [0.05, 0.1) is 24.6 Å². The number of hydrogen-bond donors (Lipinski definition) is 0. The van der Waals surface area contributed by atoms with Crippen molar-refractivity contribution in [2.45, 2.75) is 17.8 Å². The van der Waals surface area contributed by atoms with Gasteiger partial charge in [-0.25, -0.2) is 4.98 Å². The molecule has 1 aliphatic heterocycles. The van der Waals surface area contributed by atoms with E-state index < -0.39 is 0 Å². The fourth-order valence-corrected chi connectivity index (χ4v) is 4.43. The number of thioether (sulfide) groups is 1. The van der Waals surface area contributed by atoms with E-state index >= 15 is 0 Å². The molecule has 0 spiro atoms. The lowest BCUT2D eigenvalue weighted by molar-refractivity contribution is 0.122. The highest BCUT2D eigenvalue weighted by molar-refractivity contribution is 7.98. The number of rotatable bonds is 6. The summed E-state index contributed by atoms with van der Waals surface area (Å²) in [6, 6.07) is 15.8. The number of halogens is 1. The lowest BCUT2D eigenvalue weighted by Crippen LogP contribution is -2.37. The zero-order chi connectivity index (χ0) is 21.9. The number of anilines is 1. The molecule has 164 valence electrons. The highest BCUT2D eigenvalue weighted by Gasteiger charge is 2.22. The SMILES string of the molecule is Cc1ccc(-n2c(SCc3coc(-c4ccc(Cl)cc4)n3)nnc2N2CCOCC2)cc1. The van der Waals surface area contributed by atoms with Gasteiger partial charge in [-0.2, -0.15) is 0 Å². The van der Waals surface area contributed by atoms with Crippen molar-refractivity contribution in [1.29, 1.82) is 0 Å². The highest BCUT2D eigenvalue weighted by atomic mass is 35.5. The number of nitrogens with zero attached hydrogens (tertiary/aromatic N) is 5. The zero-order valence-corrected chi connectivity index (χ0v) is 19.1. The third kappa shape index (κ3) is 4.53. The van der Waals surface area contributed by atoms with Crippen LogP contribution in [0.25, 0.3) is 17.1 Å². The van der Waals surface area contributed by atoms with Gasteiger partial charge in [0, 0.05) is 29.4 Å². The smallest absolute Gasteiger partial charge is 0.232 e. The highest BCUT2D eigenvalue weighted by Crippen LogP contribution is 2.30. The quantitative estimate of drug-likeness (QED) is 0.369. The largest absolute Gasteiger partial charge is 0.444 e. The van der Waals surface area contributed by atoms with E-state index in [0.29, 0.717) is 29.9 Å². The van der Waals surface area contributed by atoms with Crippen LogP contribution in [0.2, 0.25) is 5.02 Å². The van der Waals surface area contributed by atoms with Crippen LogP contribution in [0.4, 0.5) is 5.95 Å². The zero-order valence-electron chi connectivity index (χ0n) is 17.6. The second kappa shape index (κ2) is 9.36. The number of oxazole rings is 1. The summed E-state index contributed by atoms with van der Waals surface area (Å²) in [5, 5.41) is 10.5. The molecule has 0 amide bonds. The van der Waals surface area contributed by atoms with E-state index in [2.05, 4.69) is 55.8 Å². The van der Waals surface area contributed by atoms with Crippen LogP contribution < -0.4 is 4.90 Å². The van der Waals surface area contributed by atoms with E-state index in [1.54, 1.807) is 18.0 Å². The topological polar surface area (TPSA) is 69.2 Å². The van der Waals surface area contributed by atoms with Gasteiger partial charge in [0.2, 0.25) is 11.8 Å². The fraction of sp³-hybridized carbons (Fsp3) is 0.261. The molecule has 3 heterocycles. The van der Waals surface area contributed by atoms with Gasteiger partial charge in [-0.05, 0) is 43.3 Å². The van der Waals surface area contributed by atoms with Gasteiger partial charge in [-0.3, -0.25) is 4.57 Å². The van der Waals surface area contributed by atoms with E-state index in [1.807, 2.05) is 24.3 Å². The van der Waals surface area contributed by atoms with Crippen LogP contribution >= 0.6 is 23.4 Å². The Morgan fingerprint density at radius 2 is 1.75 bits per heavy atom. The van der Waals surface area contributed by atoms with Gasteiger partial charge in [0.15, 0.2) is 5.16 Å². The van der Waals surface area contributed by atoms with E-state index in [9.17, 15) is 0 Å². The third-order valence-electron chi connectivity index (χ3n) is 5.19. The molecule has 1 fully saturated rings. The summed E-state index contributed by atoms with van der Waals surface area (Å²) >= 11 is 7.56. The molecule has 1 aliphatic rings. The average molecular weight is 468 g/mol. The maximum Gasteiger partial charge on any atom is 0.232 e. The predicted octanol–water partition coefficient (Wildman–Crippen LogP) is 5.01. The Labute approximate surface area is 195 Å². The lowest BCUT2D eigenvalue weighted by atomic mass is 10.2. The first-order chi connectivity index (χ1) is 15.7.